The number of benzene rings is 3. The maximum Gasteiger partial charge on any atom is 0.374 e. The Morgan fingerprint density at radius 2 is 1.23 bits per heavy atom. The predicted octanol–water partition coefficient (Wildman–Crippen LogP) is 4.97. The number of aromatic carboxylic acids is 1. The van der Waals surface area contributed by atoms with Gasteiger partial charge in [0.05, 0.1) is 0 Å². The number of carbonyl (C=O) groups is 1. The summed E-state index contributed by atoms with van der Waals surface area (Å²) < 4.78 is 2.05. The Bertz CT molecular complexity index is 1250. The highest BCUT2D eigenvalue weighted by Gasteiger charge is 2.39. The monoisotopic (exact) mass is 405 g/mol. The number of rotatable bonds is 5. The van der Waals surface area contributed by atoms with Crippen molar-refractivity contribution in [3.8, 4) is 0 Å². The van der Waals surface area contributed by atoms with Crippen molar-refractivity contribution in [2.24, 2.45) is 0 Å². The van der Waals surface area contributed by atoms with E-state index in [0.29, 0.717) is 5.65 Å². The molecule has 31 heavy (non-hydrogen) atoms. The first-order chi connectivity index (χ1) is 15.2. The van der Waals surface area contributed by atoms with Gasteiger partial charge in [-0.05, 0) is 22.8 Å². The first kappa shape index (κ1) is 18.8. The average molecular weight is 405 g/mol. The molecule has 1 N–H and O–H groups in total. The zero-order chi connectivity index (χ0) is 21.3. The van der Waals surface area contributed by atoms with Crippen LogP contribution in [0.1, 0.15) is 27.3 Å². The van der Waals surface area contributed by atoms with Gasteiger partial charge in [-0.3, -0.25) is 0 Å². The lowest BCUT2D eigenvalue weighted by Crippen LogP contribution is -2.37. The fraction of sp³-hybridized carbons (Fsp3) is 0.0385. The van der Waals surface area contributed by atoms with E-state index < -0.39 is 11.5 Å². The van der Waals surface area contributed by atoms with Crippen molar-refractivity contribution in [2.75, 3.05) is 0 Å². The molecule has 0 aliphatic heterocycles. The molecular weight excluding hydrogens is 386 g/mol. The Balaban J connectivity index is 1.95. The Morgan fingerprint density at radius 3 is 1.68 bits per heavy atom. The number of hydrogen-bond acceptors (Lipinski definition) is 3. The Hall–Kier alpha value is -4.25. The summed E-state index contributed by atoms with van der Waals surface area (Å²) >= 11 is 0. The fourth-order valence-electron chi connectivity index (χ4n) is 4.25. The highest BCUT2D eigenvalue weighted by atomic mass is 16.4. The molecule has 0 saturated heterocycles. The molecule has 0 amide bonds. The third kappa shape index (κ3) is 2.99. The van der Waals surface area contributed by atoms with E-state index in [1.54, 1.807) is 6.20 Å². The molecule has 5 heteroatoms. The second kappa shape index (κ2) is 7.54. The van der Waals surface area contributed by atoms with Gasteiger partial charge in [-0.1, -0.05) is 91.0 Å². The third-order valence-corrected chi connectivity index (χ3v) is 5.55. The second-order valence-corrected chi connectivity index (χ2v) is 7.27. The summed E-state index contributed by atoms with van der Waals surface area (Å²) in [7, 11) is 0. The maximum atomic E-state index is 11.6. The van der Waals surface area contributed by atoms with E-state index in [-0.39, 0.29) is 5.82 Å². The fourth-order valence-corrected chi connectivity index (χ4v) is 4.25. The van der Waals surface area contributed by atoms with Crippen LogP contribution >= 0.6 is 0 Å². The maximum absolute atomic E-state index is 11.6. The van der Waals surface area contributed by atoms with Gasteiger partial charge in [-0.2, -0.15) is 0 Å². The molecule has 0 unspecified atom stereocenters. The van der Waals surface area contributed by atoms with Crippen LogP contribution in [-0.2, 0) is 5.54 Å². The third-order valence-electron chi connectivity index (χ3n) is 5.55. The van der Waals surface area contributed by atoms with Crippen LogP contribution in [0.4, 0.5) is 0 Å². The summed E-state index contributed by atoms with van der Waals surface area (Å²) in [5.41, 5.74) is 2.93. The Labute approximate surface area is 179 Å². The van der Waals surface area contributed by atoms with Crippen molar-refractivity contribution in [2.45, 2.75) is 5.54 Å². The molecule has 5 aromatic rings. The summed E-state index contributed by atoms with van der Waals surface area (Å²) in [5.74, 6) is -1.38. The van der Waals surface area contributed by atoms with E-state index in [2.05, 4.69) is 50.9 Å². The lowest BCUT2D eigenvalue weighted by atomic mass is 9.76. The zero-order valence-corrected chi connectivity index (χ0v) is 16.6. The molecular formula is C26H19N3O2. The number of fused-ring (bicyclic) bond motifs is 1. The zero-order valence-electron chi connectivity index (χ0n) is 16.6. The van der Waals surface area contributed by atoms with E-state index in [1.807, 2.05) is 66.9 Å². The minimum Gasteiger partial charge on any atom is -0.475 e. The lowest BCUT2D eigenvalue weighted by molar-refractivity contribution is 0.0684. The van der Waals surface area contributed by atoms with Gasteiger partial charge >= 0.3 is 5.97 Å². The molecule has 3 aromatic carbocycles. The van der Waals surface area contributed by atoms with Gasteiger partial charge in [0.15, 0.2) is 0 Å². The van der Waals surface area contributed by atoms with E-state index in [0.717, 1.165) is 22.1 Å². The van der Waals surface area contributed by atoms with Crippen LogP contribution in [0.15, 0.2) is 109 Å². The van der Waals surface area contributed by atoms with Gasteiger partial charge in [-0.15, -0.1) is 0 Å². The van der Waals surface area contributed by atoms with Crippen molar-refractivity contribution in [1.82, 2.24) is 14.5 Å². The molecule has 2 heterocycles. The number of carboxylic acids is 1. The van der Waals surface area contributed by atoms with Crippen molar-refractivity contribution in [3.05, 3.63) is 132 Å². The van der Waals surface area contributed by atoms with E-state index >= 15 is 0 Å². The molecule has 0 aliphatic rings. The second-order valence-electron chi connectivity index (χ2n) is 7.27. The van der Waals surface area contributed by atoms with E-state index in [1.165, 1.54) is 0 Å². The van der Waals surface area contributed by atoms with Crippen LogP contribution in [0.5, 0.6) is 0 Å². The van der Waals surface area contributed by atoms with Gasteiger partial charge in [0.2, 0.25) is 5.82 Å². The van der Waals surface area contributed by atoms with Gasteiger partial charge in [-0.25, -0.2) is 14.8 Å². The van der Waals surface area contributed by atoms with E-state index in [4.69, 9.17) is 0 Å². The van der Waals surface area contributed by atoms with Crippen LogP contribution in [0.3, 0.4) is 0 Å². The van der Waals surface area contributed by atoms with Crippen LogP contribution in [0.25, 0.3) is 11.0 Å². The average Bonchev–Trinajstić information content (AvgIpc) is 3.25. The molecule has 0 bridgehead atoms. The standard InChI is InChI=1S/C26H19N3O2/c30-25(31)23-27-18-19-16-17-29(24(19)28-23)26(20-10-4-1-5-11-20,21-12-6-2-7-13-21)22-14-8-3-9-15-22/h1-18H,(H,30,31). The molecule has 5 rings (SSSR count). The van der Waals surface area contributed by atoms with Gasteiger partial charge < -0.3 is 9.67 Å². The topological polar surface area (TPSA) is 68.0 Å². The molecule has 0 aliphatic carbocycles. The Kier molecular flexibility index (Phi) is 4.56. The predicted molar refractivity (Wildman–Crippen MR) is 119 cm³/mol. The summed E-state index contributed by atoms with van der Waals surface area (Å²) in [5, 5.41) is 10.3. The van der Waals surface area contributed by atoms with Gasteiger partial charge in [0, 0.05) is 17.8 Å². The first-order valence-corrected chi connectivity index (χ1v) is 9.95. The summed E-state index contributed by atoms with van der Waals surface area (Å²) in [6.45, 7) is 0. The normalized spacial score (nSPS) is 11.5. The quantitative estimate of drug-likeness (QED) is 0.419. The van der Waals surface area contributed by atoms with Gasteiger partial charge in [0.25, 0.3) is 0 Å². The number of nitrogens with zero attached hydrogens (tertiary/aromatic N) is 3. The molecule has 0 saturated carbocycles. The molecule has 0 spiro atoms. The lowest BCUT2D eigenvalue weighted by Gasteiger charge is -2.38. The molecule has 0 atom stereocenters. The van der Waals surface area contributed by atoms with Gasteiger partial charge in [0.1, 0.15) is 11.2 Å². The van der Waals surface area contributed by atoms with Crippen molar-refractivity contribution < 1.29 is 9.90 Å². The largest absolute Gasteiger partial charge is 0.475 e. The summed E-state index contributed by atoms with van der Waals surface area (Å²) in [6, 6.07) is 32.5. The smallest absolute Gasteiger partial charge is 0.374 e. The van der Waals surface area contributed by atoms with Crippen LogP contribution in [0.2, 0.25) is 0 Å². The first-order valence-electron chi connectivity index (χ1n) is 9.95. The highest BCUT2D eigenvalue weighted by molar-refractivity contribution is 5.86. The molecule has 5 nitrogen and oxygen atoms in total. The van der Waals surface area contributed by atoms with Crippen molar-refractivity contribution >= 4 is 17.0 Å². The summed E-state index contributed by atoms with van der Waals surface area (Å²) in [6.07, 6.45) is 3.52. The highest BCUT2D eigenvalue weighted by Crippen LogP contribution is 2.42. The number of aromatic nitrogens is 3. The van der Waals surface area contributed by atoms with Crippen molar-refractivity contribution in [1.29, 1.82) is 0 Å². The van der Waals surface area contributed by atoms with E-state index in [9.17, 15) is 9.90 Å². The number of carboxylic acid groups (broad SMARTS) is 1. The minimum absolute atomic E-state index is 0.226. The number of hydrogen-bond donors (Lipinski definition) is 1. The molecule has 0 radical (unpaired) electrons. The SMILES string of the molecule is O=C(O)c1ncc2ccn(C(c3ccccc3)(c3ccccc3)c3ccccc3)c2n1. The molecule has 0 fully saturated rings. The summed E-state index contributed by atoms with van der Waals surface area (Å²) in [4.78, 5) is 20.0. The minimum atomic E-state index is -1.15. The van der Waals surface area contributed by atoms with Crippen LogP contribution < -0.4 is 0 Å². The van der Waals surface area contributed by atoms with Crippen molar-refractivity contribution in [3.63, 3.8) is 0 Å². The van der Waals surface area contributed by atoms with Crippen LogP contribution in [-0.4, -0.2) is 25.6 Å². The van der Waals surface area contributed by atoms with Crippen LogP contribution in [0, 0.1) is 0 Å². The molecule has 150 valence electrons. The Morgan fingerprint density at radius 1 is 0.742 bits per heavy atom. The molecule has 2 aromatic heterocycles.